The van der Waals surface area contributed by atoms with Gasteiger partial charge in [0.25, 0.3) is 5.56 Å². The number of ether oxygens (including phenoxy) is 5. The Labute approximate surface area is 196 Å². The van der Waals surface area contributed by atoms with Crippen molar-refractivity contribution < 1.29 is 48.0 Å². The van der Waals surface area contributed by atoms with E-state index in [2.05, 4.69) is 15.4 Å². The molecule has 2 aromatic heterocycles. The van der Waals surface area contributed by atoms with Crippen LogP contribution in [0, 0.1) is 0 Å². The van der Waals surface area contributed by atoms with Crippen LogP contribution in [0.15, 0.2) is 4.79 Å². The van der Waals surface area contributed by atoms with Crippen LogP contribution < -0.4 is 5.56 Å². The maximum atomic E-state index is 13.3. The van der Waals surface area contributed by atoms with Gasteiger partial charge in [-0.2, -0.15) is 9.78 Å². The summed E-state index contributed by atoms with van der Waals surface area (Å²) in [5.41, 5.74) is -1.83. The molecule has 0 saturated carbocycles. The standard InChI is InChI=1S/C19H23N5O11/c1-5-31-19(30)13-12-14(23(7-25)21-13)17(29)24(22-20-12)18-16(34-10(4)28)15(33-9(3)27)11(35-18)6-32-8(2)26/h11,15-16,18,25H,5-7H2,1-4H3. The van der Waals surface area contributed by atoms with Crippen LogP contribution in [0.2, 0.25) is 0 Å². The fourth-order valence-electron chi connectivity index (χ4n) is 3.50. The van der Waals surface area contributed by atoms with Crippen molar-refractivity contribution in [2.75, 3.05) is 13.2 Å². The molecule has 0 radical (unpaired) electrons. The summed E-state index contributed by atoms with van der Waals surface area (Å²) in [7, 11) is 0. The molecular formula is C19H23N5O11. The third kappa shape index (κ3) is 5.27. The van der Waals surface area contributed by atoms with Gasteiger partial charge in [-0.3, -0.25) is 19.2 Å². The lowest BCUT2D eigenvalue weighted by Crippen LogP contribution is -2.42. The van der Waals surface area contributed by atoms with Gasteiger partial charge < -0.3 is 28.8 Å². The molecule has 1 N–H and O–H groups in total. The van der Waals surface area contributed by atoms with Gasteiger partial charge in [0.1, 0.15) is 19.4 Å². The minimum Gasteiger partial charge on any atom is -0.463 e. The van der Waals surface area contributed by atoms with Crippen LogP contribution in [0.4, 0.5) is 0 Å². The zero-order valence-corrected chi connectivity index (χ0v) is 19.2. The minimum atomic E-state index is -1.48. The van der Waals surface area contributed by atoms with E-state index >= 15 is 0 Å². The van der Waals surface area contributed by atoms with Gasteiger partial charge in [0.05, 0.1) is 6.61 Å². The number of hydrogen-bond acceptors (Lipinski definition) is 14. The Hall–Kier alpha value is -3.92. The second-order valence-electron chi connectivity index (χ2n) is 7.26. The molecule has 0 aliphatic carbocycles. The molecule has 16 nitrogen and oxygen atoms in total. The van der Waals surface area contributed by atoms with E-state index < -0.39 is 67.3 Å². The summed E-state index contributed by atoms with van der Waals surface area (Å²) in [6.45, 7) is 3.76. The number of carbonyl (C=O) groups is 4. The van der Waals surface area contributed by atoms with Crippen molar-refractivity contribution in [3.8, 4) is 0 Å². The molecule has 190 valence electrons. The predicted octanol–water partition coefficient (Wildman–Crippen LogP) is -1.56. The zero-order valence-electron chi connectivity index (χ0n) is 19.2. The van der Waals surface area contributed by atoms with Crippen LogP contribution in [-0.4, -0.2) is 85.3 Å². The first-order valence-corrected chi connectivity index (χ1v) is 10.4. The van der Waals surface area contributed by atoms with Crippen molar-refractivity contribution >= 4 is 34.9 Å². The number of fused-ring (bicyclic) bond motifs is 1. The third-order valence-corrected chi connectivity index (χ3v) is 4.76. The Morgan fingerprint density at radius 3 is 2.26 bits per heavy atom. The number of esters is 4. The Morgan fingerprint density at radius 1 is 1.03 bits per heavy atom. The molecule has 1 aliphatic heterocycles. The first-order chi connectivity index (χ1) is 16.6. The summed E-state index contributed by atoms with van der Waals surface area (Å²) in [6.07, 6.45) is -5.29. The lowest BCUT2D eigenvalue weighted by molar-refractivity contribution is -0.166. The molecule has 16 heteroatoms. The van der Waals surface area contributed by atoms with Gasteiger partial charge in [-0.15, -0.1) is 5.10 Å². The van der Waals surface area contributed by atoms with Crippen molar-refractivity contribution in [1.29, 1.82) is 0 Å². The smallest absolute Gasteiger partial charge is 0.361 e. The lowest BCUT2D eigenvalue weighted by atomic mass is 10.1. The van der Waals surface area contributed by atoms with E-state index in [1.165, 1.54) is 0 Å². The van der Waals surface area contributed by atoms with Crippen molar-refractivity contribution in [2.45, 2.75) is 59.0 Å². The highest BCUT2D eigenvalue weighted by molar-refractivity contribution is 5.99. The number of hydrogen-bond donors (Lipinski definition) is 1. The van der Waals surface area contributed by atoms with E-state index in [4.69, 9.17) is 23.7 Å². The molecule has 0 bridgehead atoms. The van der Waals surface area contributed by atoms with Crippen LogP contribution in [0.5, 0.6) is 0 Å². The molecule has 0 spiro atoms. The first kappa shape index (κ1) is 25.7. The topological polar surface area (TPSA) is 200 Å². The zero-order chi connectivity index (χ0) is 25.9. The normalized spacial score (nSPS) is 21.5. The highest BCUT2D eigenvalue weighted by atomic mass is 16.7. The molecule has 35 heavy (non-hydrogen) atoms. The highest BCUT2D eigenvalue weighted by Gasteiger charge is 2.51. The number of rotatable bonds is 8. The maximum Gasteiger partial charge on any atom is 0.361 e. The van der Waals surface area contributed by atoms with E-state index in [1.54, 1.807) is 6.92 Å². The molecule has 1 fully saturated rings. The van der Waals surface area contributed by atoms with Crippen molar-refractivity contribution in [3.63, 3.8) is 0 Å². The Kier molecular flexibility index (Phi) is 7.75. The quantitative estimate of drug-likeness (QED) is 0.324. The number of nitrogens with zero attached hydrogens (tertiary/aromatic N) is 5. The summed E-state index contributed by atoms with van der Waals surface area (Å²) in [6, 6.07) is 0. The fourth-order valence-corrected chi connectivity index (χ4v) is 3.50. The number of carbonyl (C=O) groups excluding carboxylic acids is 4. The number of aromatic nitrogens is 5. The van der Waals surface area contributed by atoms with Gasteiger partial charge in [0.15, 0.2) is 35.2 Å². The largest absolute Gasteiger partial charge is 0.463 e. The first-order valence-electron chi connectivity index (χ1n) is 10.4. The van der Waals surface area contributed by atoms with Crippen LogP contribution in [0.25, 0.3) is 11.0 Å². The molecule has 2 aromatic rings. The van der Waals surface area contributed by atoms with Crippen LogP contribution in [-0.2, 0) is 44.8 Å². The second kappa shape index (κ2) is 10.6. The molecule has 3 rings (SSSR count). The summed E-state index contributed by atoms with van der Waals surface area (Å²) in [4.78, 5) is 60.3. The van der Waals surface area contributed by atoms with Crippen molar-refractivity contribution in [2.24, 2.45) is 0 Å². The molecule has 4 unspecified atom stereocenters. The SMILES string of the molecule is CCOC(=O)c1nn(CO)c2c(=O)n(C3OC(COC(C)=O)C(OC(C)=O)C3OC(C)=O)nnc12. The third-order valence-electron chi connectivity index (χ3n) is 4.76. The van der Waals surface area contributed by atoms with E-state index in [0.29, 0.717) is 4.68 Å². The van der Waals surface area contributed by atoms with Gasteiger partial charge in [-0.05, 0) is 6.92 Å². The summed E-state index contributed by atoms with van der Waals surface area (Å²) in [5.74, 6) is -3.08. The summed E-state index contributed by atoms with van der Waals surface area (Å²) >= 11 is 0. The average molecular weight is 497 g/mol. The monoisotopic (exact) mass is 497 g/mol. The molecule has 1 aliphatic rings. The summed E-state index contributed by atoms with van der Waals surface area (Å²) < 4.78 is 27.6. The average Bonchev–Trinajstić information content (AvgIpc) is 3.31. The molecule has 0 amide bonds. The molecule has 0 aromatic carbocycles. The molecule has 4 atom stereocenters. The number of aliphatic hydroxyl groups excluding tert-OH is 1. The summed E-state index contributed by atoms with van der Waals surface area (Å²) in [5, 5.41) is 21.2. The van der Waals surface area contributed by atoms with Crippen LogP contribution in [0.3, 0.4) is 0 Å². The Balaban J connectivity index is 2.12. The second-order valence-corrected chi connectivity index (χ2v) is 7.26. The fraction of sp³-hybridized carbons (Fsp3) is 0.579. The van der Waals surface area contributed by atoms with Crippen molar-refractivity contribution in [1.82, 2.24) is 24.8 Å². The minimum absolute atomic E-state index is 0.0258. The van der Waals surface area contributed by atoms with Crippen LogP contribution >= 0.6 is 0 Å². The maximum absolute atomic E-state index is 13.3. The van der Waals surface area contributed by atoms with Crippen LogP contribution in [0.1, 0.15) is 44.4 Å². The predicted molar refractivity (Wildman–Crippen MR) is 109 cm³/mol. The van der Waals surface area contributed by atoms with E-state index in [0.717, 1.165) is 25.5 Å². The van der Waals surface area contributed by atoms with Gasteiger partial charge in [0.2, 0.25) is 0 Å². The molecule has 1 saturated heterocycles. The molecular weight excluding hydrogens is 474 g/mol. The van der Waals surface area contributed by atoms with Gasteiger partial charge in [-0.25, -0.2) is 9.48 Å². The Bertz CT molecular complexity index is 1210. The van der Waals surface area contributed by atoms with E-state index in [1.807, 2.05) is 0 Å². The van der Waals surface area contributed by atoms with Gasteiger partial charge in [-0.1, -0.05) is 5.21 Å². The highest BCUT2D eigenvalue weighted by Crippen LogP contribution is 2.33. The number of aliphatic hydroxyl groups is 1. The van der Waals surface area contributed by atoms with Gasteiger partial charge >= 0.3 is 23.9 Å². The van der Waals surface area contributed by atoms with E-state index in [-0.39, 0.29) is 23.3 Å². The van der Waals surface area contributed by atoms with Crippen molar-refractivity contribution in [3.05, 3.63) is 16.0 Å². The van der Waals surface area contributed by atoms with Gasteiger partial charge in [0, 0.05) is 20.8 Å². The Morgan fingerprint density at radius 2 is 1.69 bits per heavy atom. The molecule has 3 heterocycles. The lowest BCUT2D eigenvalue weighted by Gasteiger charge is -2.23. The van der Waals surface area contributed by atoms with E-state index in [9.17, 15) is 29.1 Å².